The van der Waals surface area contributed by atoms with Crippen LogP contribution in [0.4, 0.5) is 13.2 Å². The van der Waals surface area contributed by atoms with E-state index in [-0.39, 0.29) is 10.0 Å². The van der Waals surface area contributed by atoms with Gasteiger partial charge >= 0.3 is 5.92 Å². The summed E-state index contributed by atoms with van der Waals surface area (Å²) in [6, 6.07) is 5.13. The summed E-state index contributed by atoms with van der Waals surface area (Å²) in [5.41, 5.74) is -4.54. The lowest BCUT2D eigenvalue weighted by molar-refractivity contribution is -0.207. The van der Waals surface area contributed by atoms with Crippen LogP contribution < -0.4 is 0 Å². The number of benzene rings is 1. The van der Waals surface area contributed by atoms with Gasteiger partial charge in [-0.25, -0.2) is 9.07 Å². The van der Waals surface area contributed by atoms with Crippen molar-refractivity contribution in [1.82, 2.24) is 25.2 Å². The first-order chi connectivity index (χ1) is 12.2. The van der Waals surface area contributed by atoms with Gasteiger partial charge in [0, 0.05) is 16.8 Å². The molecule has 0 aliphatic rings. The molecule has 1 aromatic carbocycles. The fourth-order valence-corrected chi connectivity index (χ4v) is 2.71. The van der Waals surface area contributed by atoms with E-state index in [0.717, 1.165) is 35.4 Å². The molecule has 0 amide bonds. The lowest BCUT2D eigenvalue weighted by Crippen LogP contribution is -2.48. The van der Waals surface area contributed by atoms with Gasteiger partial charge in [-0.3, -0.25) is 4.98 Å². The van der Waals surface area contributed by atoms with Crippen LogP contribution in [0.15, 0.2) is 42.9 Å². The molecule has 0 fully saturated rings. The smallest absolute Gasteiger partial charge is 0.323 e. The molecule has 6 nitrogen and oxygen atoms in total. The van der Waals surface area contributed by atoms with Crippen molar-refractivity contribution in [1.29, 1.82) is 0 Å². The van der Waals surface area contributed by atoms with Gasteiger partial charge in [-0.1, -0.05) is 29.3 Å². The Bertz CT molecular complexity index is 908. The first-order valence-corrected chi connectivity index (χ1v) is 7.88. The minimum absolute atomic E-state index is 0.0102. The highest BCUT2D eigenvalue weighted by molar-refractivity contribution is 6.30. The average molecular weight is 404 g/mol. The van der Waals surface area contributed by atoms with Gasteiger partial charge in [-0.2, -0.15) is 8.78 Å². The summed E-state index contributed by atoms with van der Waals surface area (Å²) in [6.07, 6.45) is 2.02. The summed E-state index contributed by atoms with van der Waals surface area (Å²) < 4.78 is 45.8. The monoisotopic (exact) mass is 403 g/mol. The van der Waals surface area contributed by atoms with Crippen LogP contribution in [-0.2, 0) is 18.1 Å². The number of hydrogen-bond acceptors (Lipinski definition) is 5. The third-order valence-electron chi connectivity index (χ3n) is 3.73. The van der Waals surface area contributed by atoms with Gasteiger partial charge in [0.2, 0.25) is 0 Å². The highest BCUT2D eigenvalue weighted by Crippen LogP contribution is 2.46. The Labute approximate surface area is 155 Å². The van der Waals surface area contributed by atoms with E-state index in [4.69, 9.17) is 23.2 Å². The summed E-state index contributed by atoms with van der Waals surface area (Å²) in [6.45, 7) is -0.837. The largest absolute Gasteiger partial charge is 0.377 e. The van der Waals surface area contributed by atoms with Crippen LogP contribution in [0.25, 0.3) is 0 Å². The number of aliphatic hydroxyl groups is 1. The molecule has 0 aliphatic heterocycles. The van der Waals surface area contributed by atoms with Crippen LogP contribution in [0.3, 0.4) is 0 Å². The van der Waals surface area contributed by atoms with Crippen molar-refractivity contribution < 1.29 is 18.3 Å². The molecule has 0 saturated heterocycles. The van der Waals surface area contributed by atoms with Gasteiger partial charge in [-0.15, -0.1) is 5.10 Å². The average Bonchev–Trinajstić information content (AvgIpc) is 3.07. The zero-order valence-corrected chi connectivity index (χ0v) is 14.3. The summed E-state index contributed by atoms with van der Waals surface area (Å²) in [7, 11) is 0. The van der Waals surface area contributed by atoms with Crippen LogP contribution in [0, 0.1) is 5.82 Å². The molecule has 0 radical (unpaired) electrons. The number of rotatable bonds is 5. The predicted octanol–water partition coefficient (Wildman–Crippen LogP) is 3.19. The molecule has 2 aromatic heterocycles. The molecular weight excluding hydrogens is 394 g/mol. The number of nitrogens with zero attached hydrogens (tertiary/aromatic N) is 5. The molecule has 0 aliphatic carbocycles. The fraction of sp³-hybridized carbons (Fsp3) is 0.200. The van der Waals surface area contributed by atoms with Crippen molar-refractivity contribution >= 4 is 23.2 Å². The Morgan fingerprint density at radius 3 is 2.42 bits per heavy atom. The topological polar surface area (TPSA) is 76.7 Å². The Morgan fingerprint density at radius 1 is 1.12 bits per heavy atom. The molecule has 1 N–H and O–H groups in total. The van der Waals surface area contributed by atoms with Gasteiger partial charge in [0.15, 0.2) is 5.60 Å². The quantitative estimate of drug-likeness (QED) is 0.707. The number of aromatic nitrogens is 5. The number of tetrazole rings is 1. The molecule has 3 aromatic rings. The van der Waals surface area contributed by atoms with Crippen molar-refractivity contribution in [2.75, 3.05) is 0 Å². The maximum absolute atomic E-state index is 15.3. The van der Waals surface area contributed by atoms with E-state index in [9.17, 15) is 9.50 Å². The summed E-state index contributed by atoms with van der Waals surface area (Å²) in [4.78, 5) is 3.57. The van der Waals surface area contributed by atoms with E-state index in [0.29, 0.717) is 0 Å². The molecule has 11 heteroatoms. The number of hydrogen-bond donors (Lipinski definition) is 1. The van der Waals surface area contributed by atoms with Gasteiger partial charge in [-0.05, 0) is 34.7 Å². The standard InChI is InChI=1S/C15H10Cl2F3N5O/c16-9-1-3-11(12(18)5-9)14(26,7-25-8-22-23-24-25)15(19,20)13-4-2-10(17)6-21-13/h1-6,8,26H,7H2. The maximum atomic E-state index is 15.3. The second kappa shape index (κ2) is 6.82. The van der Waals surface area contributed by atoms with Crippen molar-refractivity contribution in [3.8, 4) is 0 Å². The third-order valence-corrected chi connectivity index (χ3v) is 4.19. The normalized spacial score (nSPS) is 14.2. The minimum Gasteiger partial charge on any atom is -0.377 e. The molecule has 0 saturated carbocycles. The van der Waals surface area contributed by atoms with Crippen molar-refractivity contribution in [3.05, 3.63) is 70.0 Å². The molecule has 26 heavy (non-hydrogen) atoms. The molecule has 0 spiro atoms. The first kappa shape index (κ1) is 18.6. The Balaban J connectivity index is 2.17. The van der Waals surface area contributed by atoms with E-state index in [2.05, 4.69) is 20.5 Å². The van der Waals surface area contributed by atoms with Crippen LogP contribution in [0.1, 0.15) is 11.3 Å². The highest BCUT2D eigenvalue weighted by atomic mass is 35.5. The second-order valence-electron chi connectivity index (χ2n) is 5.43. The van der Waals surface area contributed by atoms with Crippen molar-refractivity contribution in [2.24, 2.45) is 0 Å². The number of halogens is 5. The molecule has 0 bridgehead atoms. The zero-order chi connectivity index (χ0) is 18.9. The molecule has 136 valence electrons. The summed E-state index contributed by atoms with van der Waals surface area (Å²) in [5, 5.41) is 21.2. The lowest BCUT2D eigenvalue weighted by Gasteiger charge is -2.35. The summed E-state index contributed by atoms with van der Waals surface area (Å²) in [5.74, 6) is -5.13. The minimum atomic E-state index is -4.02. The van der Waals surface area contributed by atoms with Gasteiger partial charge < -0.3 is 5.11 Å². The van der Waals surface area contributed by atoms with Gasteiger partial charge in [0.05, 0.1) is 11.6 Å². The highest BCUT2D eigenvalue weighted by Gasteiger charge is 2.57. The van der Waals surface area contributed by atoms with Crippen LogP contribution in [-0.4, -0.2) is 30.3 Å². The molecule has 2 heterocycles. The van der Waals surface area contributed by atoms with E-state index >= 15 is 8.78 Å². The number of pyridine rings is 1. The van der Waals surface area contributed by atoms with Crippen LogP contribution in [0.5, 0.6) is 0 Å². The molecule has 3 rings (SSSR count). The van der Waals surface area contributed by atoms with Crippen LogP contribution in [0.2, 0.25) is 10.0 Å². The Hall–Kier alpha value is -2.23. The Kier molecular flexibility index (Phi) is 4.87. The molecule has 1 atom stereocenters. The lowest BCUT2D eigenvalue weighted by atomic mass is 9.84. The molecule has 1 unspecified atom stereocenters. The third kappa shape index (κ3) is 3.25. The fourth-order valence-electron chi connectivity index (χ4n) is 2.44. The predicted molar refractivity (Wildman–Crippen MR) is 86.3 cm³/mol. The van der Waals surface area contributed by atoms with E-state index in [1.54, 1.807) is 0 Å². The molecular formula is C15H10Cl2F3N5O. The Morgan fingerprint density at radius 2 is 1.85 bits per heavy atom. The van der Waals surface area contributed by atoms with Crippen LogP contribution >= 0.6 is 23.2 Å². The first-order valence-electron chi connectivity index (χ1n) is 7.12. The van der Waals surface area contributed by atoms with Crippen molar-refractivity contribution in [3.63, 3.8) is 0 Å². The van der Waals surface area contributed by atoms with E-state index in [1.807, 2.05) is 0 Å². The summed E-state index contributed by atoms with van der Waals surface area (Å²) >= 11 is 11.4. The number of alkyl halides is 2. The van der Waals surface area contributed by atoms with Gasteiger partial charge in [0.1, 0.15) is 17.8 Å². The zero-order valence-electron chi connectivity index (χ0n) is 12.8. The van der Waals surface area contributed by atoms with E-state index in [1.165, 1.54) is 12.1 Å². The van der Waals surface area contributed by atoms with Gasteiger partial charge in [0.25, 0.3) is 0 Å². The SMILES string of the molecule is OC(Cn1cnnn1)(c1ccc(Cl)cc1F)C(F)(F)c1ccc(Cl)cn1. The second-order valence-corrected chi connectivity index (χ2v) is 6.30. The van der Waals surface area contributed by atoms with E-state index < -0.39 is 35.1 Å². The maximum Gasteiger partial charge on any atom is 0.323 e. The van der Waals surface area contributed by atoms with Crippen molar-refractivity contribution in [2.45, 2.75) is 18.1 Å².